The number of hydrogen-bond acceptors (Lipinski definition) is 4. The average Bonchev–Trinajstić information content (AvgIpc) is 3.03. The van der Waals surface area contributed by atoms with Gasteiger partial charge in [-0.2, -0.15) is 0 Å². The number of amides is 1. The Labute approximate surface area is 189 Å². The molecule has 3 heterocycles. The van der Waals surface area contributed by atoms with Crippen LogP contribution >= 0.6 is 23.2 Å². The van der Waals surface area contributed by atoms with E-state index in [0.717, 1.165) is 18.5 Å². The molecule has 160 valence electrons. The second-order valence-corrected chi connectivity index (χ2v) is 8.87. The van der Waals surface area contributed by atoms with Crippen LogP contribution in [-0.4, -0.2) is 48.1 Å². The zero-order valence-electron chi connectivity index (χ0n) is 16.9. The molecule has 31 heavy (non-hydrogen) atoms. The van der Waals surface area contributed by atoms with E-state index in [0.29, 0.717) is 45.4 Å². The lowest BCUT2D eigenvalue weighted by Crippen LogP contribution is -2.55. The monoisotopic (exact) mass is 457 g/mol. The van der Waals surface area contributed by atoms with Crippen LogP contribution in [0.15, 0.2) is 47.3 Å². The van der Waals surface area contributed by atoms with Crippen LogP contribution < -0.4 is 15.2 Å². The minimum absolute atomic E-state index is 0.130. The van der Waals surface area contributed by atoms with Gasteiger partial charge in [0.05, 0.1) is 22.7 Å². The normalized spacial score (nSPS) is 20.4. The number of methoxy groups -OCH3 is 1. The third-order valence-electron chi connectivity index (χ3n) is 6.25. The molecule has 1 aromatic heterocycles. The van der Waals surface area contributed by atoms with Crippen LogP contribution in [0.3, 0.4) is 0 Å². The van der Waals surface area contributed by atoms with Crippen LogP contribution in [-0.2, 0) is 0 Å². The van der Waals surface area contributed by atoms with Gasteiger partial charge in [-0.1, -0.05) is 23.2 Å². The number of ether oxygens (including phenoxy) is 1. The summed E-state index contributed by atoms with van der Waals surface area (Å²) in [5.41, 5.74) is 1.76. The number of rotatable bonds is 3. The molecule has 2 aromatic carbocycles. The highest BCUT2D eigenvalue weighted by Gasteiger charge is 2.42. The lowest BCUT2D eigenvalue weighted by atomic mass is 10.1. The molecule has 6 nitrogen and oxygen atoms in total. The summed E-state index contributed by atoms with van der Waals surface area (Å²) < 4.78 is 5.31. The smallest absolute Gasteiger partial charge is 0.254 e. The molecule has 0 spiro atoms. The summed E-state index contributed by atoms with van der Waals surface area (Å²) in [6.45, 7) is 1.18. The summed E-state index contributed by atoms with van der Waals surface area (Å²) in [6, 6.07) is 12.8. The second-order valence-electron chi connectivity index (χ2n) is 8.06. The van der Waals surface area contributed by atoms with Gasteiger partial charge in [0.15, 0.2) is 0 Å². The lowest BCUT2D eigenvalue weighted by Gasteiger charge is -2.42. The molecule has 0 radical (unpaired) electrons. The number of likely N-dealkylation sites (tertiary alicyclic amines) is 1. The summed E-state index contributed by atoms with van der Waals surface area (Å²) in [4.78, 5) is 32.7. The van der Waals surface area contributed by atoms with Gasteiger partial charge in [0.2, 0.25) is 5.56 Å². The first kappa shape index (κ1) is 20.2. The molecule has 3 aromatic rings. The van der Waals surface area contributed by atoms with Gasteiger partial charge in [0.1, 0.15) is 5.75 Å². The summed E-state index contributed by atoms with van der Waals surface area (Å²) >= 11 is 12.3. The number of piperazine rings is 1. The number of carbonyl (C=O) groups excluding carboxylic acids is 1. The van der Waals surface area contributed by atoms with Crippen LogP contribution in [0.4, 0.5) is 5.69 Å². The van der Waals surface area contributed by atoms with Gasteiger partial charge < -0.3 is 19.5 Å². The molecule has 2 aliphatic heterocycles. The predicted molar refractivity (Wildman–Crippen MR) is 123 cm³/mol. The number of hydrogen-bond donors (Lipinski definition) is 1. The van der Waals surface area contributed by atoms with Crippen molar-refractivity contribution in [3.05, 3.63) is 68.4 Å². The average molecular weight is 458 g/mol. The number of carbonyl (C=O) groups is 1. The maximum atomic E-state index is 13.5. The topological polar surface area (TPSA) is 65.6 Å². The fourth-order valence-electron chi connectivity index (χ4n) is 4.84. The maximum absolute atomic E-state index is 13.5. The lowest BCUT2D eigenvalue weighted by molar-refractivity contribution is 0.0719. The third kappa shape index (κ3) is 3.54. The molecule has 2 fully saturated rings. The van der Waals surface area contributed by atoms with Gasteiger partial charge >= 0.3 is 0 Å². The molecular formula is C23H21Cl2N3O3. The van der Waals surface area contributed by atoms with Gasteiger partial charge in [-0.15, -0.1) is 0 Å². The Bertz CT molecular complexity index is 1230. The molecule has 2 saturated heterocycles. The van der Waals surface area contributed by atoms with Crippen molar-refractivity contribution in [3.8, 4) is 5.75 Å². The highest BCUT2D eigenvalue weighted by atomic mass is 35.5. The van der Waals surface area contributed by atoms with Crippen molar-refractivity contribution in [3.63, 3.8) is 0 Å². The highest BCUT2D eigenvalue weighted by molar-refractivity contribution is 6.42. The Morgan fingerprint density at radius 3 is 2.45 bits per heavy atom. The number of H-pyrrole nitrogens is 1. The highest BCUT2D eigenvalue weighted by Crippen LogP contribution is 2.38. The number of nitrogens with one attached hydrogen (secondary N) is 1. The molecule has 5 rings (SSSR count). The van der Waals surface area contributed by atoms with Crippen LogP contribution in [0.5, 0.6) is 5.75 Å². The Kier molecular flexibility index (Phi) is 5.07. The summed E-state index contributed by atoms with van der Waals surface area (Å²) in [6.07, 6.45) is 2.00. The Balaban J connectivity index is 1.46. The Hall–Kier alpha value is -2.70. The van der Waals surface area contributed by atoms with E-state index in [1.807, 2.05) is 23.1 Å². The number of halogens is 2. The first-order chi connectivity index (χ1) is 14.9. The van der Waals surface area contributed by atoms with Crippen molar-refractivity contribution in [2.45, 2.75) is 24.9 Å². The third-order valence-corrected chi connectivity index (χ3v) is 6.99. The van der Waals surface area contributed by atoms with E-state index in [-0.39, 0.29) is 23.6 Å². The van der Waals surface area contributed by atoms with Crippen LogP contribution in [0.2, 0.25) is 10.0 Å². The SMILES string of the molecule is COc1ccc2[nH]c(=O)cc(C(=O)N3CC4CCC(C3)N4c3ccc(Cl)c(Cl)c3)c2c1. The van der Waals surface area contributed by atoms with E-state index < -0.39 is 0 Å². The van der Waals surface area contributed by atoms with Gasteiger partial charge in [-0.05, 0) is 49.2 Å². The molecule has 1 N–H and O–H groups in total. The largest absolute Gasteiger partial charge is 0.497 e. The van der Waals surface area contributed by atoms with Crippen molar-refractivity contribution in [1.82, 2.24) is 9.88 Å². The van der Waals surface area contributed by atoms with E-state index in [9.17, 15) is 9.59 Å². The summed E-state index contributed by atoms with van der Waals surface area (Å²) in [5.74, 6) is 0.508. The van der Waals surface area contributed by atoms with Crippen LogP contribution in [0.25, 0.3) is 10.9 Å². The van der Waals surface area contributed by atoms with Crippen molar-refractivity contribution in [2.75, 3.05) is 25.1 Å². The number of aromatic nitrogens is 1. The van der Waals surface area contributed by atoms with E-state index in [2.05, 4.69) is 9.88 Å². The summed E-state index contributed by atoms with van der Waals surface area (Å²) in [7, 11) is 1.58. The fourth-order valence-corrected chi connectivity index (χ4v) is 5.14. The molecule has 2 aliphatic rings. The van der Waals surface area contributed by atoms with Crippen molar-refractivity contribution in [2.24, 2.45) is 0 Å². The van der Waals surface area contributed by atoms with E-state index in [4.69, 9.17) is 27.9 Å². The van der Waals surface area contributed by atoms with E-state index >= 15 is 0 Å². The quantitative estimate of drug-likeness (QED) is 0.635. The Morgan fingerprint density at radius 2 is 1.77 bits per heavy atom. The number of benzene rings is 2. The minimum Gasteiger partial charge on any atom is -0.497 e. The van der Waals surface area contributed by atoms with Gasteiger partial charge in [0.25, 0.3) is 5.91 Å². The first-order valence-electron chi connectivity index (χ1n) is 10.2. The number of aromatic amines is 1. The van der Waals surface area contributed by atoms with Crippen LogP contribution in [0, 0.1) is 0 Å². The molecule has 0 saturated carbocycles. The number of fused-ring (bicyclic) bond motifs is 3. The first-order valence-corrected chi connectivity index (χ1v) is 10.9. The molecule has 1 amide bonds. The predicted octanol–water partition coefficient (Wildman–Crippen LogP) is 4.34. The summed E-state index contributed by atoms with van der Waals surface area (Å²) in [5, 5.41) is 1.74. The van der Waals surface area contributed by atoms with Crippen LogP contribution in [0.1, 0.15) is 23.2 Å². The standard InChI is InChI=1S/C23H21Cl2N3O3/c1-31-16-5-7-21-17(9-16)18(10-22(29)26-21)23(30)27-11-14-2-3-15(12-27)28(14)13-4-6-19(24)20(25)8-13/h4-10,14-15H,2-3,11-12H2,1H3,(H,26,29). The molecule has 2 unspecified atom stereocenters. The van der Waals surface area contributed by atoms with Gasteiger partial charge in [-0.3, -0.25) is 9.59 Å². The second kappa shape index (κ2) is 7.77. The molecular weight excluding hydrogens is 437 g/mol. The fraction of sp³-hybridized carbons (Fsp3) is 0.304. The molecule has 2 atom stereocenters. The van der Waals surface area contributed by atoms with Gasteiger partial charge in [-0.25, -0.2) is 0 Å². The number of nitrogens with zero attached hydrogens (tertiary/aromatic N) is 2. The zero-order valence-corrected chi connectivity index (χ0v) is 18.4. The molecule has 0 aliphatic carbocycles. The van der Waals surface area contributed by atoms with Crippen molar-refractivity contribution in [1.29, 1.82) is 0 Å². The Morgan fingerprint density at radius 1 is 1.03 bits per heavy atom. The molecule has 2 bridgehead atoms. The van der Waals surface area contributed by atoms with Crippen molar-refractivity contribution < 1.29 is 9.53 Å². The zero-order chi connectivity index (χ0) is 21.7. The van der Waals surface area contributed by atoms with E-state index in [1.165, 1.54) is 6.07 Å². The van der Waals surface area contributed by atoms with Gasteiger partial charge in [0, 0.05) is 47.8 Å². The number of pyridine rings is 1. The number of anilines is 1. The van der Waals surface area contributed by atoms with E-state index in [1.54, 1.807) is 25.3 Å². The van der Waals surface area contributed by atoms with Crippen molar-refractivity contribution >= 4 is 45.7 Å². The molecule has 8 heteroatoms. The maximum Gasteiger partial charge on any atom is 0.254 e. The minimum atomic E-state index is -0.293.